The third-order valence-corrected chi connectivity index (χ3v) is 2.40. The first-order chi connectivity index (χ1) is 6.07. The molecule has 0 aliphatic rings. The smallest absolute Gasteiger partial charge is 0.0727 e. The largest absolute Gasteiger partial charge is 0.395 e. The van der Waals surface area contributed by atoms with Crippen molar-refractivity contribution in [3.8, 4) is 0 Å². The molecule has 0 aromatic carbocycles. The first-order valence-electron chi connectivity index (χ1n) is 4.67. The SMILES string of the molecule is CC(CO)N(C)CCCCC(N)=S. The zero-order chi connectivity index (χ0) is 10.3. The molecule has 0 saturated heterocycles. The number of likely N-dealkylation sites (N-methyl/N-ethyl adjacent to an activating group) is 1. The van der Waals surface area contributed by atoms with E-state index in [0.29, 0.717) is 4.99 Å². The molecule has 0 aliphatic carbocycles. The molecule has 0 radical (unpaired) electrons. The van der Waals surface area contributed by atoms with Gasteiger partial charge in [-0.25, -0.2) is 0 Å². The molecule has 1 atom stereocenters. The van der Waals surface area contributed by atoms with Crippen LogP contribution in [0.5, 0.6) is 0 Å². The molecule has 0 spiro atoms. The van der Waals surface area contributed by atoms with E-state index in [1.54, 1.807) is 0 Å². The Hall–Kier alpha value is -0.190. The van der Waals surface area contributed by atoms with Crippen LogP contribution in [0, 0.1) is 0 Å². The van der Waals surface area contributed by atoms with Crippen LogP contribution in [-0.2, 0) is 0 Å². The minimum atomic E-state index is 0.214. The van der Waals surface area contributed by atoms with Gasteiger partial charge in [-0.05, 0) is 39.8 Å². The summed E-state index contributed by atoms with van der Waals surface area (Å²) in [6.07, 6.45) is 2.95. The Morgan fingerprint density at radius 1 is 1.54 bits per heavy atom. The molecule has 0 aromatic heterocycles. The van der Waals surface area contributed by atoms with Gasteiger partial charge < -0.3 is 15.7 Å². The molecule has 0 aromatic rings. The van der Waals surface area contributed by atoms with Crippen molar-refractivity contribution in [2.24, 2.45) is 5.73 Å². The maximum atomic E-state index is 8.87. The van der Waals surface area contributed by atoms with Gasteiger partial charge in [0.25, 0.3) is 0 Å². The summed E-state index contributed by atoms with van der Waals surface area (Å²) in [4.78, 5) is 2.73. The van der Waals surface area contributed by atoms with E-state index < -0.39 is 0 Å². The molecular weight excluding hydrogens is 184 g/mol. The lowest BCUT2D eigenvalue weighted by molar-refractivity contribution is 0.157. The number of unbranched alkanes of at least 4 members (excludes halogenated alkanes) is 1. The van der Waals surface area contributed by atoms with Gasteiger partial charge in [-0.1, -0.05) is 12.2 Å². The van der Waals surface area contributed by atoms with E-state index in [9.17, 15) is 0 Å². The van der Waals surface area contributed by atoms with Crippen LogP contribution in [0.15, 0.2) is 0 Å². The lowest BCUT2D eigenvalue weighted by Crippen LogP contribution is -2.32. The van der Waals surface area contributed by atoms with E-state index in [2.05, 4.69) is 4.90 Å². The van der Waals surface area contributed by atoms with E-state index in [1.165, 1.54) is 0 Å². The van der Waals surface area contributed by atoms with E-state index in [0.717, 1.165) is 25.8 Å². The predicted molar refractivity (Wildman–Crippen MR) is 59.8 cm³/mol. The molecule has 78 valence electrons. The fourth-order valence-electron chi connectivity index (χ4n) is 1.02. The Kier molecular flexibility index (Phi) is 7.13. The standard InChI is InChI=1S/C9H20N2OS/c1-8(7-12)11(2)6-4-3-5-9(10)13/h8,12H,3-7H2,1-2H3,(H2,10,13). The highest BCUT2D eigenvalue weighted by Gasteiger charge is 2.06. The molecule has 0 aliphatic heterocycles. The zero-order valence-electron chi connectivity index (χ0n) is 8.49. The fraction of sp³-hybridized carbons (Fsp3) is 0.889. The highest BCUT2D eigenvalue weighted by molar-refractivity contribution is 7.80. The maximum absolute atomic E-state index is 8.87. The summed E-state index contributed by atoms with van der Waals surface area (Å²) in [5.41, 5.74) is 5.37. The average Bonchev–Trinajstić information content (AvgIpc) is 2.10. The lowest BCUT2D eigenvalue weighted by Gasteiger charge is -2.22. The van der Waals surface area contributed by atoms with Crippen molar-refractivity contribution in [3.63, 3.8) is 0 Å². The maximum Gasteiger partial charge on any atom is 0.0727 e. The molecular formula is C9H20N2OS. The van der Waals surface area contributed by atoms with Gasteiger partial charge in [-0.3, -0.25) is 0 Å². The lowest BCUT2D eigenvalue weighted by atomic mass is 10.2. The number of nitrogens with zero attached hydrogens (tertiary/aromatic N) is 1. The third kappa shape index (κ3) is 6.93. The predicted octanol–water partition coefficient (Wildman–Crippen LogP) is 0.755. The summed E-state index contributed by atoms with van der Waals surface area (Å²) >= 11 is 4.77. The molecule has 4 heteroatoms. The Bertz CT molecular complexity index is 153. The zero-order valence-corrected chi connectivity index (χ0v) is 9.31. The second kappa shape index (κ2) is 7.24. The molecule has 3 N–H and O–H groups in total. The van der Waals surface area contributed by atoms with Crippen molar-refractivity contribution in [1.82, 2.24) is 4.90 Å². The van der Waals surface area contributed by atoms with Crippen LogP contribution in [0.2, 0.25) is 0 Å². The van der Waals surface area contributed by atoms with Crippen LogP contribution in [0.4, 0.5) is 0 Å². The molecule has 13 heavy (non-hydrogen) atoms. The van der Waals surface area contributed by atoms with Gasteiger partial charge in [0.1, 0.15) is 0 Å². The van der Waals surface area contributed by atoms with E-state index in [-0.39, 0.29) is 12.6 Å². The summed E-state index contributed by atoms with van der Waals surface area (Å²) in [6.45, 7) is 3.21. The third-order valence-electron chi connectivity index (χ3n) is 2.20. The summed E-state index contributed by atoms with van der Waals surface area (Å²) < 4.78 is 0. The second-order valence-corrected chi connectivity index (χ2v) is 3.96. The summed E-state index contributed by atoms with van der Waals surface area (Å²) in [5.74, 6) is 0. The van der Waals surface area contributed by atoms with E-state index in [1.807, 2.05) is 14.0 Å². The summed E-state index contributed by atoms with van der Waals surface area (Å²) in [5, 5.41) is 8.87. The summed E-state index contributed by atoms with van der Waals surface area (Å²) in [6, 6.07) is 0.241. The Balaban J connectivity index is 3.36. The van der Waals surface area contributed by atoms with Gasteiger partial charge in [-0.2, -0.15) is 0 Å². The van der Waals surface area contributed by atoms with Crippen LogP contribution in [0.1, 0.15) is 26.2 Å². The topological polar surface area (TPSA) is 49.5 Å². The van der Waals surface area contributed by atoms with Crippen LogP contribution in [0.3, 0.4) is 0 Å². The van der Waals surface area contributed by atoms with Crippen molar-refractivity contribution in [2.45, 2.75) is 32.2 Å². The minimum Gasteiger partial charge on any atom is -0.395 e. The molecule has 0 amide bonds. The molecule has 0 bridgehead atoms. The van der Waals surface area contributed by atoms with Gasteiger partial charge in [0, 0.05) is 6.04 Å². The number of thiocarbonyl (C=S) groups is 1. The van der Waals surface area contributed by atoms with E-state index >= 15 is 0 Å². The van der Waals surface area contributed by atoms with Crippen molar-refractivity contribution in [2.75, 3.05) is 20.2 Å². The monoisotopic (exact) mass is 204 g/mol. The Morgan fingerprint density at radius 2 is 2.15 bits per heavy atom. The molecule has 0 fully saturated rings. The first kappa shape index (κ1) is 12.8. The van der Waals surface area contributed by atoms with Crippen molar-refractivity contribution >= 4 is 17.2 Å². The number of nitrogens with two attached hydrogens (primary N) is 1. The molecule has 1 unspecified atom stereocenters. The van der Waals surface area contributed by atoms with Crippen molar-refractivity contribution in [3.05, 3.63) is 0 Å². The normalized spacial score (nSPS) is 13.2. The van der Waals surface area contributed by atoms with Crippen LogP contribution >= 0.6 is 12.2 Å². The molecule has 0 rings (SSSR count). The Morgan fingerprint density at radius 3 is 2.62 bits per heavy atom. The first-order valence-corrected chi connectivity index (χ1v) is 5.08. The highest BCUT2D eigenvalue weighted by Crippen LogP contribution is 2.00. The molecule has 3 nitrogen and oxygen atoms in total. The van der Waals surface area contributed by atoms with Crippen LogP contribution < -0.4 is 5.73 Å². The quantitative estimate of drug-likeness (QED) is 0.475. The minimum absolute atomic E-state index is 0.214. The Labute approximate surface area is 85.9 Å². The number of aliphatic hydroxyl groups excluding tert-OH is 1. The van der Waals surface area contributed by atoms with Crippen molar-refractivity contribution in [1.29, 1.82) is 0 Å². The summed E-state index contributed by atoms with van der Waals surface area (Å²) in [7, 11) is 2.02. The molecule has 0 heterocycles. The van der Waals surface area contributed by atoms with Gasteiger partial charge in [0.05, 0.1) is 11.6 Å². The second-order valence-electron chi connectivity index (χ2n) is 3.44. The fourth-order valence-corrected chi connectivity index (χ4v) is 1.16. The van der Waals surface area contributed by atoms with Gasteiger partial charge in [0.2, 0.25) is 0 Å². The number of hydrogen-bond acceptors (Lipinski definition) is 3. The van der Waals surface area contributed by atoms with Gasteiger partial charge in [-0.15, -0.1) is 0 Å². The van der Waals surface area contributed by atoms with E-state index in [4.69, 9.17) is 23.1 Å². The van der Waals surface area contributed by atoms with Gasteiger partial charge in [0.15, 0.2) is 0 Å². The highest BCUT2D eigenvalue weighted by atomic mass is 32.1. The van der Waals surface area contributed by atoms with Crippen LogP contribution in [-0.4, -0.2) is 41.2 Å². The number of rotatable bonds is 7. The number of aliphatic hydroxyl groups is 1. The van der Waals surface area contributed by atoms with Crippen LogP contribution in [0.25, 0.3) is 0 Å². The van der Waals surface area contributed by atoms with Crippen molar-refractivity contribution < 1.29 is 5.11 Å². The average molecular weight is 204 g/mol. The number of hydrogen-bond donors (Lipinski definition) is 2. The van der Waals surface area contributed by atoms with Gasteiger partial charge >= 0.3 is 0 Å². The molecule has 0 saturated carbocycles.